The van der Waals surface area contributed by atoms with Crippen molar-refractivity contribution in [1.82, 2.24) is 15.3 Å². The first-order chi connectivity index (χ1) is 7.36. The first-order valence-electron chi connectivity index (χ1n) is 4.68. The zero-order valence-electron chi connectivity index (χ0n) is 8.10. The van der Waals surface area contributed by atoms with Crippen molar-refractivity contribution in [2.45, 2.75) is 6.54 Å². The minimum Gasteiger partial charge on any atom is -0.357 e. The molecule has 0 atom stereocenters. The Hall–Kier alpha value is -2.10. The SMILES string of the molecule is O=C(NCc1ccccn1)c1ccc[nH]1. The van der Waals surface area contributed by atoms with Gasteiger partial charge in [0, 0.05) is 12.4 Å². The van der Waals surface area contributed by atoms with Crippen molar-refractivity contribution in [3.63, 3.8) is 0 Å². The second kappa shape index (κ2) is 4.41. The molecule has 0 aliphatic heterocycles. The molecule has 15 heavy (non-hydrogen) atoms. The highest BCUT2D eigenvalue weighted by molar-refractivity contribution is 5.92. The highest BCUT2D eigenvalue weighted by Gasteiger charge is 2.04. The number of hydrogen-bond donors (Lipinski definition) is 2. The number of H-pyrrole nitrogens is 1. The average molecular weight is 201 g/mol. The van der Waals surface area contributed by atoms with Crippen LogP contribution in [0.25, 0.3) is 0 Å². The first kappa shape index (κ1) is 9.45. The number of nitrogens with one attached hydrogen (secondary N) is 2. The predicted octanol–water partition coefficient (Wildman–Crippen LogP) is 1.34. The molecule has 0 saturated heterocycles. The molecule has 2 N–H and O–H groups in total. The van der Waals surface area contributed by atoms with Gasteiger partial charge in [0.15, 0.2) is 0 Å². The van der Waals surface area contributed by atoms with E-state index in [0.717, 1.165) is 5.69 Å². The number of aromatic amines is 1. The van der Waals surface area contributed by atoms with Gasteiger partial charge in [-0.25, -0.2) is 0 Å². The zero-order valence-corrected chi connectivity index (χ0v) is 8.10. The third-order valence-corrected chi connectivity index (χ3v) is 2.00. The van der Waals surface area contributed by atoms with Gasteiger partial charge in [-0.1, -0.05) is 6.07 Å². The van der Waals surface area contributed by atoms with Crippen LogP contribution in [0.3, 0.4) is 0 Å². The number of carbonyl (C=O) groups excluding carboxylic acids is 1. The first-order valence-corrected chi connectivity index (χ1v) is 4.68. The summed E-state index contributed by atoms with van der Waals surface area (Å²) in [6, 6.07) is 9.12. The highest BCUT2D eigenvalue weighted by Crippen LogP contribution is 1.96. The Morgan fingerprint density at radius 2 is 2.27 bits per heavy atom. The maximum Gasteiger partial charge on any atom is 0.268 e. The van der Waals surface area contributed by atoms with Crippen molar-refractivity contribution >= 4 is 5.91 Å². The lowest BCUT2D eigenvalue weighted by molar-refractivity contribution is 0.0946. The fourth-order valence-corrected chi connectivity index (χ4v) is 1.24. The monoisotopic (exact) mass is 201 g/mol. The molecule has 0 bridgehead atoms. The molecule has 76 valence electrons. The van der Waals surface area contributed by atoms with Gasteiger partial charge in [0.05, 0.1) is 12.2 Å². The fraction of sp³-hybridized carbons (Fsp3) is 0.0909. The summed E-state index contributed by atoms with van der Waals surface area (Å²) in [5.74, 6) is -0.120. The molecule has 0 fully saturated rings. The lowest BCUT2D eigenvalue weighted by Gasteiger charge is -2.02. The van der Waals surface area contributed by atoms with Crippen LogP contribution < -0.4 is 5.32 Å². The molecule has 4 heteroatoms. The minimum atomic E-state index is -0.120. The zero-order chi connectivity index (χ0) is 10.5. The Labute approximate surface area is 87.4 Å². The molecule has 2 aromatic rings. The Morgan fingerprint density at radius 3 is 2.93 bits per heavy atom. The fourth-order valence-electron chi connectivity index (χ4n) is 1.24. The van der Waals surface area contributed by atoms with Gasteiger partial charge in [0.1, 0.15) is 5.69 Å². The number of rotatable bonds is 3. The molecular weight excluding hydrogens is 190 g/mol. The second-order valence-corrected chi connectivity index (χ2v) is 3.09. The summed E-state index contributed by atoms with van der Waals surface area (Å²) < 4.78 is 0. The summed E-state index contributed by atoms with van der Waals surface area (Å²) in [5, 5.41) is 2.77. The molecule has 0 spiro atoms. The summed E-state index contributed by atoms with van der Waals surface area (Å²) in [7, 11) is 0. The number of pyridine rings is 1. The van der Waals surface area contributed by atoms with E-state index in [9.17, 15) is 4.79 Å². The van der Waals surface area contributed by atoms with Crippen molar-refractivity contribution in [2.75, 3.05) is 0 Å². The molecular formula is C11H11N3O. The van der Waals surface area contributed by atoms with Crippen LogP contribution in [0.15, 0.2) is 42.7 Å². The van der Waals surface area contributed by atoms with Crippen molar-refractivity contribution in [1.29, 1.82) is 0 Å². The van der Waals surface area contributed by atoms with Crippen molar-refractivity contribution in [2.24, 2.45) is 0 Å². The van der Waals surface area contributed by atoms with Gasteiger partial charge in [0.25, 0.3) is 5.91 Å². The molecule has 1 amide bonds. The molecule has 0 aromatic carbocycles. The van der Waals surface area contributed by atoms with E-state index >= 15 is 0 Å². The molecule has 0 radical (unpaired) electrons. The van der Waals surface area contributed by atoms with Crippen LogP contribution in [0.2, 0.25) is 0 Å². The lowest BCUT2D eigenvalue weighted by atomic mass is 10.3. The molecule has 0 saturated carbocycles. The van der Waals surface area contributed by atoms with Crippen molar-refractivity contribution < 1.29 is 4.79 Å². The molecule has 0 aliphatic rings. The highest BCUT2D eigenvalue weighted by atomic mass is 16.1. The van der Waals surface area contributed by atoms with Crippen LogP contribution in [0.5, 0.6) is 0 Å². The van der Waals surface area contributed by atoms with Crippen molar-refractivity contribution in [3.05, 3.63) is 54.1 Å². The number of carbonyl (C=O) groups is 1. The number of nitrogens with zero attached hydrogens (tertiary/aromatic N) is 1. The number of hydrogen-bond acceptors (Lipinski definition) is 2. The Balaban J connectivity index is 1.92. The molecule has 0 aliphatic carbocycles. The third-order valence-electron chi connectivity index (χ3n) is 2.00. The van der Waals surface area contributed by atoms with E-state index in [1.807, 2.05) is 18.2 Å². The van der Waals surface area contributed by atoms with E-state index in [1.54, 1.807) is 24.5 Å². The third kappa shape index (κ3) is 2.43. The maximum atomic E-state index is 11.5. The summed E-state index contributed by atoms with van der Waals surface area (Å²) in [4.78, 5) is 18.5. The summed E-state index contributed by atoms with van der Waals surface area (Å²) in [6.07, 6.45) is 3.42. The molecule has 2 rings (SSSR count). The summed E-state index contributed by atoms with van der Waals surface area (Å²) in [5.41, 5.74) is 1.41. The Morgan fingerprint density at radius 1 is 1.33 bits per heavy atom. The van der Waals surface area contributed by atoms with Gasteiger partial charge in [-0.3, -0.25) is 9.78 Å². The molecule has 2 heterocycles. The van der Waals surface area contributed by atoms with Crippen LogP contribution in [-0.2, 0) is 6.54 Å². The van der Waals surface area contributed by atoms with Gasteiger partial charge in [-0.15, -0.1) is 0 Å². The average Bonchev–Trinajstić information content (AvgIpc) is 2.81. The van der Waals surface area contributed by atoms with Crippen LogP contribution >= 0.6 is 0 Å². The number of aromatic nitrogens is 2. The van der Waals surface area contributed by atoms with Gasteiger partial charge in [-0.05, 0) is 24.3 Å². The maximum absolute atomic E-state index is 11.5. The minimum absolute atomic E-state index is 0.120. The van der Waals surface area contributed by atoms with E-state index in [4.69, 9.17) is 0 Å². The summed E-state index contributed by atoms with van der Waals surface area (Å²) >= 11 is 0. The second-order valence-electron chi connectivity index (χ2n) is 3.09. The van der Waals surface area contributed by atoms with Crippen LogP contribution in [0.1, 0.15) is 16.2 Å². The van der Waals surface area contributed by atoms with E-state index in [1.165, 1.54) is 0 Å². The van der Waals surface area contributed by atoms with E-state index < -0.39 is 0 Å². The van der Waals surface area contributed by atoms with Gasteiger partial charge in [-0.2, -0.15) is 0 Å². The Kier molecular flexibility index (Phi) is 2.78. The standard InChI is InChI=1S/C11H11N3O/c15-11(10-5-3-7-13-10)14-8-9-4-1-2-6-12-9/h1-7,13H,8H2,(H,14,15). The predicted molar refractivity (Wildman–Crippen MR) is 56.2 cm³/mol. The van der Waals surface area contributed by atoms with Gasteiger partial charge >= 0.3 is 0 Å². The molecule has 4 nitrogen and oxygen atoms in total. The normalized spacial score (nSPS) is 9.87. The molecule has 0 unspecified atom stereocenters. The number of amides is 1. The topological polar surface area (TPSA) is 57.8 Å². The van der Waals surface area contributed by atoms with Gasteiger partial charge in [0.2, 0.25) is 0 Å². The Bertz CT molecular complexity index is 422. The summed E-state index contributed by atoms with van der Waals surface area (Å²) in [6.45, 7) is 0.443. The van der Waals surface area contributed by atoms with Crippen LogP contribution in [-0.4, -0.2) is 15.9 Å². The lowest BCUT2D eigenvalue weighted by Crippen LogP contribution is -2.23. The van der Waals surface area contributed by atoms with E-state index in [-0.39, 0.29) is 5.91 Å². The van der Waals surface area contributed by atoms with E-state index in [2.05, 4.69) is 15.3 Å². The van der Waals surface area contributed by atoms with E-state index in [0.29, 0.717) is 12.2 Å². The molecule has 2 aromatic heterocycles. The van der Waals surface area contributed by atoms with Gasteiger partial charge < -0.3 is 10.3 Å². The van der Waals surface area contributed by atoms with Crippen molar-refractivity contribution in [3.8, 4) is 0 Å². The largest absolute Gasteiger partial charge is 0.357 e. The smallest absolute Gasteiger partial charge is 0.268 e. The quantitative estimate of drug-likeness (QED) is 0.787. The van der Waals surface area contributed by atoms with Crippen LogP contribution in [0, 0.1) is 0 Å². The van der Waals surface area contributed by atoms with Crippen LogP contribution in [0.4, 0.5) is 0 Å².